The van der Waals surface area contributed by atoms with Crippen molar-refractivity contribution in [1.29, 1.82) is 0 Å². The van der Waals surface area contributed by atoms with E-state index in [2.05, 4.69) is 10.6 Å². The predicted octanol–water partition coefficient (Wildman–Crippen LogP) is 9.05. The first kappa shape index (κ1) is 28.3. The van der Waals surface area contributed by atoms with Gasteiger partial charge in [-0.25, -0.2) is 8.78 Å². The molecule has 3 aromatic rings. The summed E-state index contributed by atoms with van der Waals surface area (Å²) in [5.41, 5.74) is -0.448. The number of hydrogen-bond acceptors (Lipinski definition) is 2. The molecule has 2 N–H and O–H groups in total. The van der Waals surface area contributed by atoms with E-state index in [4.69, 9.17) is 34.8 Å². The minimum Gasteiger partial charge on any atom is -0.326 e. The average Bonchev–Trinajstić information content (AvgIpc) is 3.37. The molecule has 0 heterocycles. The van der Waals surface area contributed by atoms with Gasteiger partial charge >= 0.3 is 10.2 Å². The highest BCUT2D eigenvalue weighted by molar-refractivity contribution is 8.45. The molecule has 0 aromatic heterocycles. The minimum atomic E-state index is -9.89. The summed E-state index contributed by atoms with van der Waals surface area (Å²) in [6, 6.07) is 8.15. The Kier molecular flexibility index (Phi) is 6.46. The molecule has 4 nitrogen and oxygen atoms in total. The molecule has 1 aliphatic rings. The van der Waals surface area contributed by atoms with E-state index in [0.717, 1.165) is 30.3 Å². The van der Waals surface area contributed by atoms with Crippen LogP contribution in [0.5, 0.6) is 0 Å². The third kappa shape index (κ3) is 5.83. The van der Waals surface area contributed by atoms with Crippen LogP contribution < -0.4 is 10.6 Å². The van der Waals surface area contributed by atoms with E-state index in [9.17, 15) is 37.8 Å². The molecule has 0 saturated heterocycles. The molecule has 38 heavy (non-hydrogen) atoms. The molecule has 4 rings (SSSR count). The van der Waals surface area contributed by atoms with Crippen molar-refractivity contribution in [3.63, 3.8) is 0 Å². The van der Waals surface area contributed by atoms with Crippen LogP contribution in [0.4, 0.5) is 39.6 Å². The fourth-order valence-corrected chi connectivity index (χ4v) is 5.46. The molecule has 2 amide bonds. The second-order valence-corrected chi connectivity index (χ2v) is 12.7. The Morgan fingerprint density at radius 1 is 0.842 bits per heavy atom. The molecule has 3 aromatic carbocycles. The lowest BCUT2D eigenvalue weighted by Crippen LogP contribution is -2.18. The van der Waals surface area contributed by atoms with Crippen LogP contribution in [-0.2, 0) is 4.79 Å². The maximum atomic E-state index is 13.9. The quantitative estimate of drug-likeness (QED) is 0.213. The summed E-state index contributed by atoms with van der Waals surface area (Å²) in [6.45, 7) is 0. The number of carbonyl (C=O) groups excluding carboxylic acids is 2. The van der Waals surface area contributed by atoms with Gasteiger partial charge in [0, 0.05) is 17.7 Å². The number of rotatable bonds is 6. The Labute approximate surface area is 225 Å². The van der Waals surface area contributed by atoms with Crippen molar-refractivity contribution < 1.29 is 37.8 Å². The fourth-order valence-electron chi connectivity index (χ4n) is 3.78. The first-order chi connectivity index (χ1) is 17.3. The van der Waals surface area contributed by atoms with Crippen LogP contribution in [0.25, 0.3) is 0 Å². The Balaban J connectivity index is 1.50. The molecule has 204 valence electrons. The van der Waals surface area contributed by atoms with Crippen LogP contribution in [0.15, 0.2) is 65.6 Å². The van der Waals surface area contributed by atoms with Gasteiger partial charge in [0.25, 0.3) is 5.91 Å². The normalized spacial score (nSPS) is 20.2. The molecule has 0 radical (unpaired) electrons. The molecule has 1 aliphatic carbocycles. The average molecular weight is 622 g/mol. The molecular formula is C23H14Cl3F7N2O2S. The first-order valence-electron chi connectivity index (χ1n) is 10.4. The molecule has 0 bridgehead atoms. The van der Waals surface area contributed by atoms with Gasteiger partial charge in [0.1, 0.15) is 20.9 Å². The Bertz CT molecular complexity index is 1470. The molecular weight excluding hydrogens is 608 g/mol. The van der Waals surface area contributed by atoms with Gasteiger partial charge in [-0.1, -0.05) is 43.2 Å². The van der Waals surface area contributed by atoms with Gasteiger partial charge in [-0.05, 0) is 48.0 Å². The zero-order chi connectivity index (χ0) is 28.3. The maximum Gasteiger partial charge on any atom is 0.310 e. The second-order valence-electron chi connectivity index (χ2n) is 8.43. The highest BCUT2D eigenvalue weighted by atomic mass is 35.5. The Morgan fingerprint density at radius 2 is 1.47 bits per heavy atom. The summed E-state index contributed by atoms with van der Waals surface area (Å²) in [7, 11) is -9.89. The molecule has 1 fully saturated rings. The molecule has 0 unspecified atom stereocenters. The number of hydrogen-bond donors (Lipinski definition) is 2. The van der Waals surface area contributed by atoms with Crippen molar-refractivity contribution in [1.82, 2.24) is 0 Å². The number of carbonyl (C=O) groups is 2. The smallest absolute Gasteiger partial charge is 0.310 e. The predicted molar refractivity (Wildman–Crippen MR) is 133 cm³/mol. The SMILES string of the molecule is O=C(Nc1ccc(F)cc1F)c1cc(NC(=O)[C@H]2[C@H](c3ccc(S(F)(F)(F)(F)F)cc3)C2(Cl)Cl)ccc1Cl. The zero-order valence-corrected chi connectivity index (χ0v) is 21.5. The lowest BCUT2D eigenvalue weighted by atomic mass is 10.1. The lowest BCUT2D eigenvalue weighted by Gasteiger charge is -2.40. The third-order valence-electron chi connectivity index (χ3n) is 5.68. The monoisotopic (exact) mass is 620 g/mol. The number of halogens is 10. The van der Waals surface area contributed by atoms with Crippen LogP contribution in [0.3, 0.4) is 0 Å². The highest BCUT2D eigenvalue weighted by Gasteiger charge is 2.68. The lowest BCUT2D eigenvalue weighted by molar-refractivity contribution is -0.117. The zero-order valence-electron chi connectivity index (χ0n) is 18.4. The van der Waals surface area contributed by atoms with Gasteiger partial charge in [-0.2, -0.15) is 0 Å². The van der Waals surface area contributed by atoms with Gasteiger partial charge < -0.3 is 10.6 Å². The fraction of sp³-hybridized carbons (Fsp3) is 0.130. The topological polar surface area (TPSA) is 58.2 Å². The van der Waals surface area contributed by atoms with Crippen LogP contribution in [0, 0.1) is 17.6 Å². The number of nitrogens with one attached hydrogen (secondary N) is 2. The van der Waals surface area contributed by atoms with Gasteiger partial charge in [-0.3, -0.25) is 9.59 Å². The van der Waals surface area contributed by atoms with Gasteiger partial charge in [-0.15, -0.1) is 23.2 Å². The Hall–Kier alpha value is -2.67. The van der Waals surface area contributed by atoms with Crippen LogP contribution in [0.1, 0.15) is 21.8 Å². The summed E-state index contributed by atoms with van der Waals surface area (Å²) in [5, 5.41) is 4.60. The van der Waals surface area contributed by atoms with Crippen molar-refractivity contribution in [3.05, 3.63) is 88.4 Å². The van der Waals surface area contributed by atoms with E-state index in [1.165, 1.54) is 12.1 Å². The van der Waals surface area contributed by atoms with Crippen molar-refractivity contribution in [2.45, 2.75) is 15.1 Å². The molecule has 15 heteroatoms. The molecule has 2 atom stereocenters. The van der Waals surface area contributed by atoms with E-state index in [-0.39, 0.29) is 39.7 Å². The van der Waals surface area contributed by atoms with Crippen molar-refractivity contribution in [2.75, 3.05) is 10.6 Å². The van der Waals surface area contributed by atoms with E-state index >= 15 is 0 Å². The number of alkyl halides is 2. The van der Waals surface area contributed by atoms with E-state index < -0.39 is 54.7 Å². The van der Waals surface area contributed by atoms with Crippen LogP contribution in [0.2, 0.25) is 5.02 Å². The van der Waals surface area contributed by atoms with Crippen molar-refractivity contribution in [2.24, 2.45) is 5.92 Å². The van der Waals surface area contributed by atoms with E-state index in [1.54, 1.807) is 0 Å². The van der Waals surface area contributed by atoms with E-state index in [1.807, 2.05) is 0 Å². The first-order valence-corrected chi connectivity index (χ1v) is 13.4. The van der Waals surface area contributed by atoms with Gasteiger partial charge in [0.2, 0.25) is 5.91 Å². The minimum absolute atomic E-state index is 0.0262. The number of anilines is 2. The number of amides is 2. The highest BCUT2D eigenvalue weighted by Crippen LogP contribution is 3.02. The third-order valence-corrected chi connectivity index (χ3v) is 8.11. The molecule has 1 saturated carbocycles. The molecule has 0 spiro atoms. The van der Waals surface area contributed by atoms with Crippen molar-refractivity contribution in [3.8, 4) is 0 Å². The van der Waals surface area contributed by atoms with Crippen LogP contribution >= 0.6 is 45.0 Å². The Morgan fingerprint density at radius 3 is 2.05 bits per heavy atom. The summed E-state index contributed by atoms with van der Waals surface area (Å²) >= 11 is 18.4. The van der Waals surface area contributed by atoms with Crippen LogP contribution in [-0.4, -0.2) is 16.1 Å². The second kappa shape index (κ2) is 8.67. The van der Waals surface area contributed by atoms with Crippen molar-refractivity contribution >= 4 is 68.2 Å². The summed E-state index contributed by atoms with van der Waals surface area (Å²) < 4.78 is 90.1. The number of benzene rings is 3. The maximum absolute atomic E-state index is 13.9. The van der Waals surface area contributed by atoms with Gasteiger partial charge in [0.15, 0.2) is 0 Å². The van der Waals surface area contributed by atoms with E-state index in [0.29, 0.717) is 6.07 Å². The summed E-state index contributed by atoms with van der Waals surface area (Å²) in [5.74, 6) is -5.75. The van der Waals surface area contributed by atoms with Gasteiger partial charge in [0.05, 0.1) is 22.2 Å². The largest absolute Gasteiger partial charge is 0.326 e. The summed E-state index contributed by atoms with van der Waals surface area (Å²) in [4.78, 5) is 23.3. The molecule has 0 aliphatic heterocycles. The summed E-state index contributed by atoms with van der Waals surface area (Å²) in [6.07, 6.45) is 0. The standard InChI is InChI=1S/C23H14Cl3F7N2O2S/c24-16-7-4-13(10-15(16)21(36)35-18-8-3-12(27)9-17(18)28)34-22(37)20-19(23(20,25)26)11-1-5-14(6-2-11)38(29,30,31,32)33/h1-10,19-20H,(H,34,37)(H,35,36)/t19-,20+/m0/s1.